The molecule has 2 heterocycles. The number of benzene rings is 2. The number of rotatable bonds is 8. The number of carbonyl (C=O) groups is 1. The molecule has 1 aliphatic heterocycles. The van der Waals surface area contributed by atoms with Crippen molar-refractivity contribution in [3.05, 3.63) is 65.9 Å². The number of unbranched alkanes of at least 4 members (excludes halogenated alkanes) is 1. The highest BCUT2D eigenvalue weighted by molar-refractivity contribution is 5.91. The second kappa shape index (κ2) is 9.70. The van der Waals surface area contributed by atoms with Gasteiger partial charge in [-0.15, -0.1) is 0 Å². The first kappa shape index (κ1) is 20.3. The van der Waals surface area contributed by atoms with Gasteiger partial charge >= 0.3 is 6.03 Å². The van der Waals surface area contributed by atoms with Crippen LogP contribution in [0.25, 0.3) is 11.0 Å². The Bertz CT molecular complexity index is 967. The van der Waals surface area contributed by atoms with E-state index >= 15 is 0 Å². The van der Waals surface area contributed by atoms with Gasteiger partial charge in [0.25, 0.3) is 0 Å². The summed E-state index contributed by atoms with van der Waals surface area (Å²) in [6.45, 7) is 4.34. The highest BCUT2D eigenvalue weighted by atomic mass is 16.3. The van der Waals surface area contributed by atoms with E-state index in [2.05, 4.69) is 64.1 Å². The molecular weight excluding hydrogens is 374 g/mol. The largest absolute Gasteiger partial charge is 0.461 e. The molecule has 0 radical (unpaired) electrons. The lowest BCUT2D eigenvalue weighted by molar-refractivity contribution is 0.238. The Kier molecular flexibility index (Phi) is 6.57. The van der Waals surface area contributed by atoms with Crippen LogP contribution >= 0.6 is 0 Å². The zero-order valence-electron chi connectivity index (χ0n) is 17.7. The molecule has 0 unspecified atom stereocenters. The first-order chi connectivity index (χ1) is 14.7. The number of hydrogen-bond acceptors (Lipinski definition) is 3. The SMILES string of the molecule is CCNC(=O)N[C@H]1CCN(c2cccc3oc(CCCCc4ccccc4)cc23)C1. The maximum Gasteiger partial charge on any atom is 0.315 e. The Labute approximate surface area is 178 Å². The van der Waals surface area contributed by atoms with Gasteiger partial charge in [0.1, 0.15) is 11.3 Å². The predicted molar refractivity (Wildman–Crippen MR) is 122 cm³/mol. The van der Waals surface area contributed by atoms with Crippen LogP contribution in [0.2, 0.25) is 0 Å². The van der Waals surface area contributed by atoms with E-state index in [9.17, 15) is 4.79 Å². The van der Waals surface area contributed by atoms with Crippen molar-refractivity contribution in [3.8, 4) is 0 Å². The Hall–Kier alpha value is -2.95. The van der Waals surface area contributed by atoms with Crippen molar-refractivity contribution in [2.24, 2.45) is 0 Å². The lowest BCUT2D eigenvalue weighted by Gasteiger charge is -2.19. The van der Waals surface area contributed by atoms with E-state index in [-0.39, 0.29) is 12.1 Å². The lowest BCUT2D eigenvalue weighted by Crippen LogP contribution is -2.43. The van der Waals surface area contributed by atoms with Gasteiger partial charge in [-0.05, 0) is 56.4 Å². The third kappa shape index (κ3) is 4.96. The number of carbonyl (C=O) groups excluding carboxylic acids is 1. The van der Waals surface area contributed by atoms with E-state index < -0.39 is 0 Å². The molecule has 158 valence electrons. The van der Waals surface area contributed by atoms with Gasteiger partial charge in [0.05, 0.1) is 0 Å². The van der Waals surface area contributed by atoms with Crippen molar-refractivity contribution in [2.45, 2.75) is 45.1 Å². The first-order valence-corrected chi connectivity index (χ1v) is 11.1. The first-order valence-electron chi connectivity index (χ1n) is 11.1. The van der Waals surface area contributed by atoms with Crippen molar-refractivity contribution in [2.75, 3.05) is 24.5 Å². The summed E-state index contributed by atoms with van der Waals surface area (Å²) in [5.41, 5.74) is 3.55. The maximum absolute atomic E-state index is 11.8. The van der Waals surface area contributed by atoms with Gasteiger partial charge in [-0.2, -0.15) is 0 Å². The van der Waals surface area contributed by atoms with Gasteiger partial charge in [0.15, 0.2) is 0 Å². The van der Waals surface area contributed by atoms with Crippen LogP contribution in [0, 0.1) is 0 Å². The minimum atomic E-state index is -0.0799. The van der Waals surface area contributed by atoms with Crippen LogP contribution in [0.1, 0.15) is 37.5 Å². The summed E-state index contributed by atoms with van der Waals surface area (Å²) >= 11 is 0. The second-order valence-electron chi connectivity index (χ2n) is 8.03. The maximum atomic E-state index is 11.8. The number of fused-ring (bicyclic) bond motifs is 1. The molecule has 2 amide bonds. The molecule has 1 aliphatic rings. The zero-order chi connectivity index (χ0) is 20.8. The van der Waals surface area contributed by atoms with Crippen LogP contribution in [-0.2, 0) is 12.8 Å². The summed E-state index contributed by atoms with van der Waals surface area (Å²) in [5.74, 6) is 1.06. The molecule has 2 N–H and O–H groups in total. The average Bonchev–Trinajstić information content (AvgIpc) is 3.38. The molecule has 30 heavy (non-hydrogen) atoms. The molecule has 1 fully saturated rings. The van der Waals surface area contributed by atoms with Crippen molar-refractivity contribution in [1.29, 1.82) is 0 Å². The fourth-order valence-corrected chi connectivity index (χ4v) is 4.26. The minimum Gasteiger partial charge on any atom is -0.461 e. The van der Waals surface area contributed by atoms with Crippen LogP contribution in [0.5, 0.6) is 0 Å². The van der Waals surface area contributed by atoms with Crippen LogP contribution < -0.4 is 15.5 Å². The number of hydrogen-bond donors (Lipinski definition) is 2. The Balaban J connectivity index is 1.36. The van der Waals surface area contributed by atoms with Gasteiger partial charge in [-0.1, -0.05) is 36.4 Å². The highest BCUT2D eigenvalue weighted by Crippen LogP contribution is 2.32. The molecule has 5 nitrogen and oxygen atoms in total. The molecule has 1 aromatic heterocycles. The van der Waals surface area contributed by atoms with Crippen LogP contribution in [0.3, 0.4) is 0 Å². The van der Waals surface area contributed by atoms with Gasteiger partial charge in [0.2, 0.25) is 0 Å². The van der Waals surface area contributed by atoms with Crippen LogP contribution in [-0.4, -0.2) is 31.7 Å². The predicted octanol–water partition coefficient (Wildman–Crippen LogP) is 4.90. The summed E-state index contributed by atoms with van der Waals surface area (Å²) in [4.78, 5) is 14.2. The summed E-state index contributed by atoms with van der Waals surface area (Å²) in [6, 6.07) is 19.2. The Morgan fingerprint density at radius 1 is 1.10 bits per heavy atom. The number of nitrogens with one attached hydrogen (secondary N) is 2. The molecule has 1 atom stereocenters. The number of aryl methyl sites for hydroxylation is 2. The van der Waals surface area contributed by atoms with Crippen molar-refractivity contribution in [3.63, 3.8) is 0 Å². The minimum absolute atomic E-state index is 0.0799. The Morgan fingerprint density at radius 2 is 1.93 bits per heavy atom. The van der Waals surface area contributed by atoms with E-state index in [0.717, 1.165) is 56.5 Å². The lowest BCUT2D eigenvalue weighted by atomic mass is 10.1. The third-order valence-corrected chi connectivity index (χ3v) is 5.77. The summed E-state index contributed by atoms with van der Waals surface area (Å²) in [7, 11) is 0. The fourth-order valence-electron chi connectivity index (χ4n) is 4.26. The summed E-state index contributed by atoms with van der Waals surface area (Å²) in [6.07, 6.45) is 5.31. The van der Waals surface area contributed by atoms with E-state index in [4.69, 9.17) is 4.42 Å². The van der Waals surface area contributed by atoms with E-state index in [1.807, 2.05) is 13.0 Å². The second-order valence-corrected chi connectivity index (χ2v) is 8.03. The molecule has 2 aromatic carbocycles. The normalized spacial score (nSPS) is 16.2. The van der Waals surface area contributed by atoms with Crippen LogP contribution in [0.4, 0.5) is 10.5 Å². The molecule has 0 aliphatic carbocycles. The monoisotopic (exact) mass is 405 g/mol. The smallest absolute Gasteiger partial charge is 0.315 e. The van der Waals surface area contributed by atoms with E-state index in [0.29, 0.717) is 6.54 Å². The average molecular weight is 406 g/mol. The molecular formula is C25H31N3O2. The number of furan rings is 1. The van der Waals surface area contributed by atoms with E-state index in [1.165, 1.54) is 16.6 Å². The number of anilines is 1. The van der Waals surface area contributed by atoms with Crippen LogP contribution in [0.15, 0.2) is 59.0 Å². The molecule has 4 rings (SSSR count). The van der Waals surface area contributed by atoms with Crippen molar-refractivity contribution in [1.82, 2.24) is 10.6 Å². The quantitative estimate of drug-likeness (QED) is 0.524. The van der Waals surface area contributed by atoms with Gasteiger partial charge in [-0.25, -0.2) is 4.79 Å². The van der Waals surface area contributed by atoms with Crippen molar-refractivity contribution >= 4 is 22.7 Å². The number of nitrogens with zero attached hydrogens (tertiary/aromatic N) is 1. The van der Waals surface area contributed by atoms with Gasteiger partial charge in [-0.3, -0.25) is 0 Å². The van der Waals surface area contributed by atoms with E-state index in [1.54, 1.807) is 0 Å². The molecule has 1 saturated heterocycles. The molecule has 3 aromatic rings. The number of amides is 2. The summed E-state index contributed by atoms with van der Waals surface area (Å²) in [5, 5.41) is 7.05. The van der Waals surface area contributed by atoms with Gasteiger partial charge < -0.3 is 20.0 Å². The van der Waals surface area contributed by atoms with Gasteiger partial charge in [0, 0.05) is 43.2 Å². The molecule has 0 saturated carbocycles. The zero-order valence-corrected chi connectivity index (χ0v) is 17.7. The number of urea groups is 1. The topological polar surface area (TPSA) is 57.5 Å². The Morgan fingerprint density at radius 3 is 2.77 bits per heavy atom. The van der Waals surface area contributed by atoms with Crippen molar-refractivity contribution < 1.29 is 9.21 Å². The summed E-state index contributed by atoms with van der Waals surface area (Å²) < 4.78 is 6.14. The fraction of sp³-hybridized carbons (Fsp3) is 0.400. The third-order valence-electron chi connectivity index (χ3n) is 5.77. The molecule has 0 spiro atoms. The highest BCUT2D eigenvalue weighted by Gasteiger charge is 2.25. The molecule has 0 bridgehead atoms. The standard InChI is InChI=1S/C25H31N3O2/c1-2-26-25(29)27-20-15-16-28(18-20)23-13-8-14-24-22(23)17-21(30-24)12-7-6-11-19-9-4-3-5-10-19/h3-5,8-10,13-14,17,20H,2,6-7,11-12,15-16,18H2,1H3,(H2,26,27,29)/t20-/m0/s1. The molecule has 5 heteroatoms.